The number of halogens is 2. The zero-order chi connectivity index (χ0) is 22.5. The maximum Gasteiger partial charge on any atom is 0.276 e. The van der Waals surface area contributed by atoms with Crippen LogP contribution in [-0.4, -0.2) is 37.9 Å². The Kier molecular flexibility index (Phi) is 7.19. The van der Waals surface area contributed by atoms with Crippen LogP contribution in [0.3, 0.4) is 0 Å². The van der Waals surface area contributed by atoms with Gasteiger partial charge in [0.05, 0.1) is 16.9 Å². The molecule has 0 aliphatic carbocycles. The number of ether oxygens (including phenoxy) is 1. The minimum absolute atomic E-state index is 0.0308. The van der Waals surface area contributed by atoms with E-state index in [2.05, 4.69) is 20.8 Å². The lowest BCUT2D eigenvalue weighted by atomic mass is 10.2. The highest BCUT2D eigenvalue weighted by Gasteiger charge is 2.20. The molecule has 0 unspecified atom stereocenters. The lowest BCUT2D eigenvalue weighted by Gasteiger charge is -2.10. The third kappa shape index (κ3) is 5.56. The van der Waals surface area contributed by atoms with E-state index in [4.69, 9.17) is 27.9 Å². The number of anilines is 1. The predicted molar refractivity (Wildman–Crippen MR) is 118 cm³/mol. The van der Waals surface area contributed by atoms with Gasteiger partial charge in [-0.15, -0.1) is 0 Å². The average Bonchev–Trinajstić information content (AvgIpc) is 3.34. The van der Waals surface area contributed by atoms with Crippen LogP contribution >= 0.6 is 23.2 Å². The predicted octanol–water partition coefficient (Wildman–Crippen LogP) is 3.60. The van der Waals surface area contributed by atoms with Crippen LogP contribution in [0.4, 0.5) is 5.69 Å². The molecule has 0 aliphatic heterocycles. The number of nitrogens with zero attached hydrogens (tertiary/aromatic N) is 4. The molecule has 31 heavy (non-hydrogen) atoms. The summed E-state index contributed by atoms with van der Waals surface area (Å²) in [4.78, 5) is 25.1. The van der Waals surface area contributed by atoms with Crippen molar-refractivity contribution in [3.05, 3.63) is 58.1 Å². The average molecular weight is 465 g/mol. The molecule has 0 aliphatic rings. The molecule has 0 saturated heterocycles. The summed E-state index contributed by atoms with van der Waals surface area (Å²) >= 11 is 12.1. The van der Waals surface area contributed by atoms with Gasteiger partial charge in [0.25, 0.3) is 11.8 Å². The summed E-state index contributed by atoms with van der Waals surface area (Å²) in [6, 6.07) is 6.59. The Morgan fingerprint density at radius 2 is 1.97 bits per heavy atom. The number of rotatable bonds is 8. The lowest BCUT2D eigenvalue weighted by Crippen LogP contribution is -2.30. The van der Waals surface area contributed by atoms with Crippen molar-refractivity contribution < 1.29 is 14.3 Å². The number of carbonyl (C=O) groups excluding carboxylic acids is 2. The summed E-state index contributed by atoms with van der Waals surface area (Å²) < 4.78 is 8.45. The quantitative estimate of drug-likeness (QED) is 0.529. The van der Waals surface area contributed by atoms with Gasteiger partial charge in [0, 0.05) is 19.8 Å². The minimum atomic E-state index is -0.481. The molecule has 0 saturated carbocycles. The standard InChI is InChI=1S/C20H22Cl2N6O3/c1-12(2)9-23-20(30)18-15(10-24-27(18)3)25-19(29)14-7-8-28(26-14)11-31-16-6-4-5-13(21)17(16)22/h4-8,10,12H,9,11H2,1-3H3,(H,23,30)(H,25,29). The molecule has 164 valence electrons. The van der Waals surface area contributed by atoms with Crippen LogP contribution in [0.5, 0.6) is 5.75 Å². The number of hydrogen-bond donors (Lipinski definition) is 2. The second-order valence-corrected chi connectivity index (χ2v) is 7.94. The van der Waals surface area contributed by atoms with Crippen molar-refractivity contribution >= 4 is 40.7 Å². The first kappa shape index (κ1) is 22.6. The van der Waals surface area contributed by atoms with Gasteiger partial charge >= 0.3 is 0 Å². The molecule has 0 bridgehead atoms. The summed E-state index contributed by atoms with van der Waals surface area (Å²) in [5.41, 5.74) is 0.704. The SMILES string of the molecule is CC(C)CNC(=O)c1c(NC(=O)c2ccn(COc3cccc(Cl)c3Cl)n2)cnn1C. The van der Waals surface area contributed by atoms with E-state index in [0.717, 1.165) is 0 Å². The molecule has 2 amide bonds. The summed E-state index contributed by atoms with van der Waals surface area (Å²) in [6.45, 7) is 4.53. The lowest BCUT2D eigenvalue weighted by molar-refractivity contribution is 0.0940. The van der Waals surface area contributed by atoms with E-state index in [-0.39, 0.29) is 24.0 Å². The topological polar surface area (TPSA) is 103 Å². The van der Waals surface area contributed by atoms with E-state index in [1.54, 1.807) is 31.4 Å². The van der Waals surface area contributed by atoms with Crippen LogP contribution in [0, 0.1) is 5.92 Å². The molecule has 0 atom stereocenters. The molecule has 0 fully saturated rings. The van der Waals surface area contributed by atoms with Gasteiger partial charge in [-0.05, 0) is 24.1 Å². The zero-order valence-corrected chi connectivity index (χ0v) is 18.7. The number of aromatic nitrogens is 4. The molecule has 9 nitrogen and oxygen atoms in total. The van der Waals surface area contributed by atoms with Gasteiger partial charge in [-0.25, -0.2) is 4.68 Å². The van der Waals surface area contributed by atoms with E-state index in [1.807, 2.05) is 13.8 Å². The van der Waals surface area contributed by atoms with E-state index >= 15 is 0 Å². The molecular weight excluding hydrogens is 443 g/mol. The van der Waals surface area contributed by atoms with Crippen LogP contribution in [0.25, 0.3) is 0 Å². The Morgan fingerprint density at radius 1 is 1.19 bits per heavy atom. The highest BCUT2D eigenvalue weighted by Crippen LogP contribution is 2.31. The zero-order valence-electron chi connectivity index (χ0n) is 17.2. The Morgan fingerprint density at radius 3 is 2.71 bits per heavy atom. The number of nitrogens with one attached hydrogen (secondary N) is 2. The molecule has 2 heterocycles. The van der Waals surface area contributed by atoms with Crippen molar-refractivity contribution in [1.82, 2.24) is 24.9 Å². The van der Waals surface area contributed by atoms with E-state index in [1.165, 1.54) is 21.6 Å². The number of aryl methyl sites for hydroxylation is 1. The fourth-order valence-corrected chi connectivity index (χ4v) is 3.00. The van der Waals surface area contributed by atoms with Gasteiger partial charge in [-0.2, -0.15) is 10.2 Å². The second-order valence-electron chi connectivity index (χ2n) is 7.15. The Bertz CT molecular complexity index is 1090. The van der Waals surface area contributed by atoms with Crippen molar-refractivity contribution in [2.45, 2.75) is 20.6 Å². The monoisotopic (exact) mass is 464 g/mol. The number of benzene rings is 1. The van der Waals surface area contributed by atoms with Crippen molar-refractivity contribution in [1.29, 1.82) is 0 Å². The second kappa shape index (κ2) is 9.84. The Labute approximate surface area is 189 Å². The van der Waals surface area contributed by atoms with Gasteiger partial charge < -0.3 is 15.4 Å². The first-order valence-corrected chi connectivity index (χ1v) is 10.2. The van der Waals surface area contributed by atoms with Crippen LogP contribution in [-0.2, 0) is 13.8 Å². The first-order valence-electron chi connectivity index (χ1n) is 9.48. The maximum absolute atomic E-state index is 12.6. The molecular formula is C20H22Cl2N6O3. The molecule has 3 aromatic rings. The number of hydrogen-bond acceptors (Lipinski definition) is 5. The fourth-order valence-electron chi connectivity index (χ4n) is 2.65. The molecule has 3 rings (SSSR count). The number of amides is 2. The smallest absolute Gasteiger partial charge is 0.276 e. The summed E-state index contributed by atoms with van der Waals surface area (Å²) in [5, 5.41) is 14.4. The maximum atomic E-state index is 12.6. The third-order valence-electron chi connectivity index (χ3n) is 4.21. The van der Waals surface area contributed by atoms with Crippen LogP contribution in [0.15, 0.2) is 36.7 Å². The summed E-state index contributed by atoms with van der Waals surface area (Å²) in [5.74, 6) is -0.0990. The Hall–Kier alpha value is -3.04. The van der Waals surface area contributed by atoms with Gasteiger partial charge in [0.15, 0.2) is 12.4 Å². The van der Waals surface area contributed by atoms with Crippen LogP contribution < -0.4 is 15.4 Å². The fraction of sp³-hybridized carbons (Fsp3) is 0.300. The third-order valence-corrected chi connectivity index (χ3v) is 5.02. The molecule has 11 heteroatoms. The minimum Gasteiger partial charge on any atom is -0.470 e. The highest BCUT2D eigenvalue weighted by molar-refractivity contribution is 6.42. The van der Waals surface area contributed by atoms with Crippen molar-refractivity contribution in [3.63, 3.8) is 0 Å². The van der Waals surface area contributed by atoms with Crippen molar-refractivity contribution in [3.8, 4) is 5.75 Å². The molecule has 1 aromatic carbocycles. The first-order chi connectivity index (χ1) is 14.8. The van der Waals surface area contributed by atoms with E-state index in [9.17, 15) is 9.59 Å². The van der Waals surface area contributed by atoms with Crippen molar-refractivity contribution in [2.75, 3.05) is 11.9 Å². The van der Waals surface area contributed by atoms with Gasteiger partial charge in [0.2, 0.25) is 0 Å². The molecule has 0 spiro atoms. The summed E-state index contributed by atoms with van der Waals surface area (Å²) in [7, 11) is 1.63. The van der Waals surface area contributed by atoms with Crippen LogP contribution in [0.1, 0.15) is 34.8 Å². The van der Waals surface area contributed by atoms with Gasteiger partial charge in [-0.1, -0.05) is 43.1 Å². The molecule has 2 N–H and O–H groups in total. The Balaban J connectivity index is 1.65. The summed E-state index contributed by atoms with van der Waals surface area (Å²) in [6.07, 6.45) is 3.01. The molecule has 0 radical (unpaired) electrons. The van der Waals surface area contributed by atoms with Gasteiger partial charge in [-0.3, -0.25) is 14.3 Å². The van der Waals surface area contributed by atoms with Crippen LogP contribution in [0.2, 0.25) is 10.0 Å². The number of carbonyl (C=O) groups is 2. The van der Waals surface area contributed by atoms with Gasteiger partial charge in [0.1, 0.15) is 16.5 Å². The van der Waals surface area contributed by atoms with Crippen molar-refractivity contribution in [2.24, 2.45) is 13.0 Å². The van der Waals surface area contributed by atoms with E-state index in [0.29, 0.717) is 33.9 Å². The largest absolute Gasteiger partial charge is 0.470 e. The highest BCUT2D eigenvalue weighted by atomic mass is 35.5. The normalized spacial score (nSPS) is 10.9. The van der Waals surface area contributed by atoms with E-state index < -0.39 is 5.91 Å². The molecule has 2 aromatic heterocycles.